The molecule has 6 nitrogen and oxygen atoms in total. The standard InChI is InChI=1S/C9H16N2O4/c10-4-5-15-6-7(12)11-9(8(13)14)2-1-3-9/h1-6,10H2,(H,11,12)(H,13,14). The third-order valence-corrected chi connectivity index (χ3v) is 2.49. The number of carbonyl (C=O) groups excluding carboxylic acids is 1. The Morgan fingerprint density at radius 3 is 2.53 bits per heavy atom. The molecule has 1 aliphatic carbocycles. The average Bonchev–Trinajstić information content (AvgIpc) is 2.11. The fourth-order valence-electron chi connectivity index (χ4n) is 1.47. The van der Waals surface area contributed by atoms with Crippen molar-refractivity contribution in [3.63, 3.8) is 0 Å². The van der Waals surface area contributed by atoms with Crippen LogP contribution in [0.3, 0.4) is 0 Å². The second-order valence-corrected chi connectivity index (χ2v) is 3.63. The van der Waals surface area contributed by atoms with Gasteiger partial charge in [-0.05, 0) is 19.3 Å². The smallest absolute Gasteiger partial charge is 0.329 e. The minimum Gasteiger partial charge on any atom is -0.480 e. The summed E-state index contributed by atoms with van der Waals surface area (Å²) >= 11 is 0. The van der Waals surface area contributed by atoms with Gasteiger partial charge in [-0.15, -0.1) is 0 Å². The van der Waals surface area contributed by atoms with E-state index in [9.17, 15) is 9.59 Å². The summed E-state index contributed by atoms with van der Waals surface area (Å²) in [5, 5.41) is 11.4. The highest BCUT2D eigenvalue weighted by atomic mass is 16.5. The van der Waals surface area contributed by atoms with Crippen LogP contribution in [0, 0.1) is 0 Å². The lowest BCUT2D eigenvalue weighted by Gasteiger charge is -2.38. The maximum Gasteiger partial charge on any atom is 0.329 e. The number of nitrogens with one attached hydrogen (secondary N) is 1. The van der Waals surface area contributed by atoms with Gasteiger partial charge >= 0.3 is 5.97 Å². The topological polar surface area (TPSA) is 102 Å². The maximum atomic E-state index is 11.3. The predicted octanol–water partition coefficient (Wildman–Crippen LogP) is -0.915. The van der Waals surface area contributed by atoms with Gasteiger partial charge in [0.15, 0.2) is 0 Å². The van der Waals surface area contributed by atoms with Crippen molar-refractivity contribution >= 4 is 11.9 Å². The molecule has 1 amide bonds. The molecular weight excluding hydrogens is 200 g/mol. The maximum absolute atomic E-state index is 11.3. The first-order valence-corrected chi connectivity index (χ1v) is 4.93. The van der Waals surface area contributed by atoms with E-state index in [2.05, 4.69) is 5.32 Å². The lowest BCUT2D eigenvalue weighted by Crippen LogP contribution is -2.59. The van der Waals surface area contributed by atoms with Gasteiger partial charge in [0.05, 0.1) is 6.61 Å². The Balaban J connectivity index is 2.32. The minimum atomic E-state index is -1.05. The zero-order chi connectivity index (χ0) is 11.3. The van der Waals surface area contributed by atoms with Crippen molar-refractivity contribution in [2.75, 3.05) is 19.8 Å². The van der Waals surface area contributed by atoms with Crippen molar-refractivity contribution in [1.29, 1.82) is 0 Å². The number of ether oxygens (including phenoxy) is 1. The molecule has 6 heteroatoms. The molecule has 0 atom stereocenters. The molecule has 0 bridgehead atoms. The van der Waals surface area contributed by atoms with Gasteiger partial charge in [-0.2, -0.15) is 0 Å². The van der Waals surface area contributed by atoms with Gasteiger partial charge in [0.25, 0.3) is 0 Å². The van der Waals surface area contributed by atoms with Crippen molar-refractivity contribution < 1.29 is 19.4 Å². The first-order valence-electron chi connectivity index (χ1n) is 4.93. The third-order valence-electron chi connectivity index (χ3n) is 2.49. The molecule has 1 fully saturated rings. The molecule has 0 saturated heterocycles. The van der Waals surface area contributed by atoms with Crippen LogP contribution in [0.15, 0.2) is 0 Å². The molecule has 0 aliphatic heterocycles. The van der Waals surface area contributed by atoms with Gasteiger partial charge < -0.3 is 20.9 Å². The van der Waals surface area contributed by atoms with Gasteiger partial charge in [0, 0.05) is 6.54 Å². The second-order valence-electron chi connectivity index (χ2n) is 3.63. The highest BCUT2D eigenvalue weighted by Gasteiger charge is 2.45. The van der Waals surface area contributed by atoms with Crippen LogP contribution in [0.4, 0.5) is 0 Å². The van der Waals surface area contributed by atoms with Crippen LogP contribution in [0.1, 0.15) is 19.3 Å². The Kier molecular flexibility index (Phi) is 4.05. The van der Waals surface area contributed by atoms with Crippen molar-refractivity contribution in [1.82, 2.24) is 5.32 Å². The Morgan fingerprint density at radius 2 is 2.13 bits per heavy atom. The fourth-order valence-corrected chi connectivity index (χ4v) is 1.47. The van der Waals surface area contributed by atoms with Crippen LogP contribution in [0.2, 0.25) is 0 Å². The SMILES string of the molecule is NCCOCC(=O)NC1(C(=O)O)CCC1. The number of carboxylic acid groups (broad SMARTS) is 1. The molecule has 0 unspecified atom stereocenters. The van der Waals surface area contributed by atoms with Crippen molar-refractivity contribution in [3.8, 4) is 0 Å². The van der Waals surface area contributed by atoms with E-state index in [1.54, 1.807) is 0 Å². The quantitative estimate of drug-likeness (QED) is 0.499. The Morgan fingerprint density at radius 1 is 1.47 bits per heavy atom. The number of amides is 1. The molecule has 0 aromatic rings. The van der Waals surface area contributed by atoms with Gasteiger partial charge in [-0.3, -0.25) is 4.79 Å². The van der Waals surface area contributed by atoms with Crippen LogP contribution < -0.4 is 11.1 Å². The number of rotatable bonds is 6. The van der Waals surface area contributed by atoms with E-state index in [0.29, 0.717) is 26.0 Å². The van der Waals surface area contributed by atoms with Gasteiger partial charge in [0.2, 0.25) is 5.91 Å². The molecule has 1 rings (SSSR count). The normalized spacial score (nSPS) is 17.9. The molecule has 0 aromatic heterocycles. The number of carbonyl (C=O) groups is 2. The van der Waals surface area contributed by atoms with Crippen LogP contribution in [-0.2, 0) is 14.3 Å². The number of hydrogen-bond donors (Lipinski definition) is 3. The van der Waals surface area contributed by atoms with Crippen LogP contribution in [-0.4, -0.2) is 42.3 Å². The van der Waals surface area contributed by atoms with E-state index in [4.69, 9.17) is 15.6 Å². The third kappa shape index (κ3) is 2.90. The van der Waals surface area contributed by atoms with E-state index >= 15 is 0 Å². The number of nitrogens with two attached hydrogens (primary N) is 1. The highest BCUT2D eigenvalue weighted by molar-refractivity contribution is 5.88. The molecule has 1 aliphatic rings. The summed E-state index contributed by atoms with van der Waals surface area (Å²) in [6.45, 7) is 0.511. The van der Waals surface area contributed by atoms with E-state index in [0.717, 1.165) is 6.42 Å². The first kappa shape index (κ1) is 11.9. The Bertz CT molecular complexity index is 250. The van der Waals surface area contributed by atoms with Gasteiger partial charge in [0.1, 0.15) is 12.1 Å². The fraction of sp³-hybridized carbons (Fsp3) is 0.778. The molecule has 0 spiro atoms. The van der Waals surface area contributed by atoms with Crippen molar-refractivity contribution in [2.45, 2.75) is 24.8 Å². The molecule has 0 aromatic carbocycles. The number of carboxylic acids is 1. The van der Waals surface area contributed by atoms with E-state index < -0.39 is 17.4 Å². The number of hydrogen-bond acceptors (Lipinski definition) is 4. The van der Waals surface area contributed by atoms with Crippen molar-refractivity contribution in [3.05, 3.63) is 0 Å². The average molecular weight is 216 g/mol. The number of aliphatic carboxylic acids is 1. The van der Waals surface area contributed by atoms with E-state index in [1.165, 1.54) is 0 Å². The highest BCUT2D eigenvalue weighted by Crippen LogP contribution is 2.31. The van der Waals surface area contributed by atoms with E-state index in [-0.39, 0.29) is 6.61 Å². The van der Waals surface area contributed by atoms with Gasteiger partial charge in [-0.1, -0.05) is 0 Å². The monoisotopic (exact) mass is 216 g/mol. The molecule has 4 N–H and O–H groups in total. The summed E-state index contributed by atoms with van der Waals surface area (Å²) in [6.07, 6.45) is 1.81. The van der Waals surface area contributed by atoms with Crippen LogP contribution in [0.5, 0.6) is 0 Å². The summed E-state index contributed by atoms with van der Waals surface area (Å²) in [5.74, 6) is -1.37. The lowest BCUT2D eigenvalue weighted by molar-refractivity contribution is -0.152. The molecule has 86 valence electrons. The zero-order valence-corrected chi connectivity index (χ0v) is 8.49. The van der Waals surface area contributed by atoms with E-state index in [1.807, 2.05) is 0 Å². The Labute approximate surface area is 87.8 Å². The molecule has 1 saturated carbocycles. The minimum absolute atomic E-state index is 0.133. The lowest BCUT2D eigenvalue weighted by atomic mass is 9.77. The van der Waals surface area contributed by atoms with Crippen molar-refractivity contribution in [2.24, 2.45) is 5.73 Å². The summed E-state index contributed by atoms with van der Waals surface area (Å²) < 4.78 is 4.91. The van der Waals surface area contributed by atoms with Crippen LogP contribution >= 0.6 is 0 Å². The molecule has 15 heavy (non-hydrogen) atoms. The molecule has 0 radical (unpaired) electrons. The predicted molar refractivity (Wildman–Crippen MR) is 52.2 cm³/mol. The first-order chi connectivity index (χ1) is 7.10. The second kappa shape index (κ2) is 5.09. The summed E-state index contributed by atoms with van der Waals surface area (Å²) in [6, 6.07) is 0. The summed E-state index contributed by atoms with van der Waals surface area (Å²) in [7, 11) is 0. The van der Waals surface area contributed by atoms with Crippen LogP contribution in [0.25, 0.3) is 0 Å². The summed E-state index contributed by atoms with van der Waals surface area (Å²) in [4.78, 5) is 22.2. The Hall–Kier alpha value is -1.14. The largest absolute Gasteiger partial charge is 0.480 e. The van der Waals surface area contributed by atoms with Gasteiger partial charge in [-0.25, -0.2) is 4.79 Å². The molecular formula is C9H16N2O4. The zero-order valence-electron chi connectivity index (χ0n) is 8.49. The molecule has 0 heterocycles. The summed E-state index contributed by atoms with van der Waals surface area (Å²) in [5.41, 5.74) is 4.12.